The lowest BCUT2D eigenvalue weighted by Crippen LogP contribution is -2.40. The number of amides is 1. The van der Waals surface area contributed by atoms with Gasteiger partial charge in [-0.1, -0.05) is 31.6 Å². The Morgan fingerprint density at radius 3 is 2.75 bits per heavy atom. The number of nitrogens with zero attached hydrogens (tertiary/aromatic N) is 1. The van der Waals surface area contributed by atoms with Crippen LogP contribution in [0.1, 0.15) is 13.3 Å². The van der Waals surface area contributed by atoms with Crippen LogP contribution in [0.4, 0.5) is 4.79 Å². The van der Waals surface area contributed by atoms with Crippen molar-refractivity contribution in [3.8, 4) is 11.5 Å². The standard InChI is InChI=1S/C15H23NO3Si/c1-5-19-15(18)16-13(9-11-17)7-6-8-14(16)10-12-20(2,3)4/h6-8,14,17H,5,9,11H2,1-4H3. The van der Waals surface area contributed by atoms with Crippen LogP contribution in [0, 0.1) is 11.5 Å². The van der Waals surface area contributed by atoms with Crippen LogP contribution in [-0.2, 0) is 4.74 Å². The van der Waals surface area contributed by atoms with E-state index in [4.69, 9.17) is 9.84 Å². The van der Waals surface area contributed by atoms with Gasteiger partial charge in [0.25, 0.3) is 0 Å². The van der Waals surface area contributed by atoms with E-state index in [2.05, 4.69) is 31.1 Å². The molecule has 20 heavy (non-hydrogen) atoms. The lowest BCUT2D eigenvalue weighted by atomic mass is 10.1. The molecule has 0 saturated carbocycles. The molecule has 1 rings (SSSR count). The largest absolute Gasteiger partial charge is 0.449 e. The van der Waals surface area contributed by atoms with Crippen LogP contribution in [0.5, 0.6) is 0 Å². The van der Waals surface area contributed by atoms with E-state index in [9.17, 15) is 4.79 Å². The van der Waals surface area contributed by atoms with Gasteiger partial charge in [-0.25, -0.2) is 4.79 Å². The number of hydrogen-bond donors (Lipinski definition) is 1. The Balaban J connectivity index is 3.02. The van der Waals surface area contributed by atoms with E-state index in [0.29, 0.717) is 13.0 Å². The molecule has 5 heteroatoms. The van der Waals surface area contributed by atoms with Gasteiger partial charge in [0.1, 0.15) is 14.1 Å². The lowest BCUT2D eigenvalue weighted by molar-refractivity contribution is 0.113. The van der Waals surface area contributed by atoms with E-state index < -0.39 is 14.2 Å². The molecule has 0 spiro atoms. The Labute approximate surface area is 122 Å². The van der Waals surface area contributed by atoms with Crippen molar-refractivity contribution in [2.75, 3.05) is 13.2 Å². The highest BCUT2D eigenvalue weighted by Gasteiger charge is 2.27. The van der Waals surface area contributed by atoms with Crippen LogP contribution in [0.2, 0.25) is 19.6 Å². The second kappa shape index (κ2) is 7.32. The minimum absolute atomic E-state index is 0.0102. The number of aliphatic hydroxyl groups is 1. The van der Waals surface area contributed by atoms with Crippen molar-refractivity contribution in [1.82, 2.24) is 4.90 Å². The van der Waals surface area contributed by atoms with Crippen molar-refractivity contribution in [1.29, 1.82) is 0 Å². The van der Waals surface area contributed by atoms with Gasteiger partial charge in [-0.05, 0) is 19.1 Å². The molecule has 0 fully saturated rings. The maximum Gasteiger partial charge on any atom is 0.415 e. The van der Waals surface area contributed by atoms with Gasteiger partial charge in [-0.2, -0.15) is 0 Å². The first kappa shape index (κ1) is 16.5. The Morgan fingerprint density at radius 2 is 2.20 bits per heavy atom. The molecule has 4 nitrogen and oxygen atoms in total. The summed E-state index contributed by atoms with van der Waals surface area (Å²) in [5, 5.41) is 9.12. The molecule has 1 N–H and O–H groups in total. The first-order valence-electron chi connectivity index (χ1n) is 6.86. The van der Waals surface area contributed by atoms with Crippen LogP contribution in [0.25, 0.3) is 0 Å². The summed E-state index contributed by atoms with van der Waals surface area (Å²) in [5.74, 6) is 3.17. The van der Waals surface area contributed by atoms with Gasteiger partial charge in [0, 0.05) is 18.7 Å². The fourth-order valence-electron chi connectivity index (χ4n) is 1.76. The van der Waals surface area contributed by atoms with Crippen LogP contribution in [-0.4, -0.2) is 43.4 Å². The minimum atomic E-state index is -1.51. The summed E-state index contributed by atoms with van der Waals surface area (Å²) in [6, 6.07) is -0.313. The number of carbonyl (C=O) groups is 1. The number of ether oxygens (including phenoxy) is 1. The van der Waals surface area contributed by atoms with Crippen LogP contribution in [0.15, 0.2) is 23.9 Å². The number of carbonyl (C=O) groups excluding carboxylic acids is 1. The molecular weight excluding hydrogens is 270 g/mol. The van der Waals surface area contributed by atoms with Gasteiger partial charge in [0.2, 0.25) is 0 Å². The maximum atomic E-state index is 12.1. The maximum absolute atomic E-state index is 12.1. The quantitative estimate of drug-likeness (QED) is 0.642. The van der Waals surface area contributed by atoms with Crippen LogP contribution in [0.3, 0.4) is 0 Å². The smallest absolute Gasteiger partial charge is 0.415 e. The molecule has 0 bridgehead atoms. The van der Waals surface area contributed by atoms with E-state index in [0.717, 1.165) is 5.70 Å². The van der Waals surface area contributed by atoms with E-state index in [-0.39, 0.29) is 12.6 Å². The molecule has 1 amide bonds. The average Bonchev–Trinajstić information content (AvgIpc) is 2.36. The summed E-state index contributed by atoms with van der Waals surface area (Å²) >= 11 is 0. The minimum Gasteiger partial charge on any atom is -0.449 e. The highest BCUT2D eigenvalue weighted by molar-refractivity contribution is 6.83. The van der Waals surface area contributed by atoms with Crippen molar-refractivity contribution in [2.24, 2.45) is 0 Å². The molecule has 110 valence electrons. The molecule has 0 saturated heterocycles. The van der Waals surface area contributed by atoms with Gasteiger partial charge in [0.15, 0.2) is 0 Å². The molecular formula is C15H23NO3Si. The number of aliphatic hydroxyl groups excluding tert-OH is 1. The molecule has 0 radical (unpaired) electrons. The molecule has 1 heterocycles. The van der Waals surface area contributed by atoms with Crippen LogP contribution < -0.4 is 0 Å². The van der Waals surface area contributed by atoms with Crippen molar-refractivity contribution in [3.63, 3.8) is 0 Å². The second-order valence-electron chi connectivity index (χ2n) is 5.55. The average molecular weight is 293 g/mol. The Morgan fingerprint density at radius 1 is 1.50 bits per heavy atom. The summed E-state index contributed by atoms with van der Waals surface area (Å²) in [7, 11) is -1.51. The van der Waals surface area contributed by atoms with E-state index in [1.54, 1.807) is 6.92 Å². The SMILES string of the molecule is CCOC(=O)N1C(CCO)=CC=CC1C#C[Si](C)(C)C. The second-order valence-corrected chi connectivity index (χ2v) is 10.3. The predicted octanol–water partition coefficient (Wildman–Crippen LogP) is 2.53. The summed E-state index contributed by atoms with van der Waals surface area (Å²) < 4.78 is 5.09. The fourth-order valence-corrected chi connectivity index (χ4v) is 2.34. The molecule has 0 aliphatic carbocycles. The van der Waals surface area contributed by atoms with Crippen molar-refractivity contribution >= 4 is 14.2 Å². The summed E-state index contributed by atoms with van der Waals surface area (Å²) in [6.07, 6.45) is 5.58. The predicted molar refractivity (Wildman–Crippen MR) is 82.7 cm³/mol. The first-order valence-corrected chi connectivity index (χ1v) is 10.4. The van der Waals surface area contributed by atoms with Crippen molar-refractivity contribution in [3.05, 3.63) is 23.9 Å². The molecule has 1 atom stereocenters. The Hall–Kier alpha value is -1.51. The van der Waals surface area contributed by atoms with Crippen molar-refractivity contribution < 1.29 is 14.6 Å². The zero-order chi connectivity index (χ0) is 15.2. The Bertz CT molecular complexity index is 466. The van der Waals surface area contributed by atoms with Gasteiger partial charge in [-0.3, -0.25) is 4.90 Å². The third-order valence-corrected chi connectivity index (χ3v) is 3.49. The normalized spacial score (nSPS) is 18.1. The summed E-state index contributed by atoms with van der Waals surface area (Å²) in [6.45, 7) is 8.56. The zero-order valence-electron chi connectivity index (χ0n) is 12.6. The van der Waals surface area contributed by atoms with Gasteiger partial charge in [-0.15, -0.1) is 5.54 Å². The van der Waals surface area contributed by atoms with E-state index in [1.807, 2.05) is 18.2 Å². The molecule has 0 aromatic rings. The monoisotopic (exact) mass is 293 g/mol. The zero-order valence-corrected chi connectivity index (χ0v) is 13.6. The summed E-state index contributed by atoms with van der Waals surface area (Å²) in [5.41, 5.74) is 4.02. The van der Waals surface area contributed by atoms with Gasteiger partial charge >= 0.3 is 6.09 Å². The van der Waals surface area contributed by atoms with E-state index in [1.165, 1.54) is 4.90 Å². The topological polar surface area (TPSA) is 49.8 Å². The molecule has 0 aromatic carbocycles. The summed E-state index contributed by atoms with van der Waals surface area (Å²) in [4.78, 5) is 13.6. The third-order valence-electron chi connectivity index (χ3n) is 2.60. The number of allylic oxidation sites excluding steroid dienone is 2. The number of rotatable bonds is 3. The van der Waals surface area contributed by atoms with Crippen LogP contribution >= 0.6 is 0 Å². The molecule has 1 aliphatic rings. The third kappa shape index (κ3) is 4.87. The fraction of sp³-hybridized carbons (Fsp3) is 0.533. The molecule has 0 aromatic heterocycles. The lowest BCUT2D eigenvalue weighted by Gasteiger charge is -2.30. The highest BCUT2D eigenvalue weighted by Crippen LogP contribution is 2.20. The molecule has 1 aliphatic heterocycles. The van der Waals surface area contributed by atoms with Gasteiger partial charge in [0.05, 0.1) is 6.61 Å². The number of hydrogen-bond acceptors (Lipinski definition) is 3. The highest BCUT2D eigenvalue weighted by atomic mass is 28.3. The van der Waals surface area contributed by atoms with Gasteiger partial charge < -0.3 is 9.84 Å². The van der Waals surface area contributed by atoms with Crippen molar-refractivity contribution in [2.45, 2.75) is 39.0 Å². The Kier molecular flexibility index (Phi) is 6.05. The molecule has 1 unspecified atom stereocenters. The first-order chi connectivity index (χ1) is 9.39. The van der Waals surface area contributed by atoms with E-state index >= 15 is 0 Å².